The molecule has 0 atom stereocenters. The van der Waals surface area contributed by atoms with Gasteiger partial charge >= 0.3 is 0 Å². The van der Waals surface area contributed by atoms with Crippen LogP contribution in [-0.4, -0.2) is 14.5 Å². The minimum Gasteiger partial charge on any atom is -0.332 e. The Hall–Kier alpha value is -2.92. The van der Waals surface area contributed by atoms with Crippen molar-refractivity contribution in [1.82, 2.24) is 14.5 Å². The highest BCUT2D eigenvalue weighted by Crippen LogP contribution is 2.31. The second-order valence-electron chi connectivity index (χ2n) is 5.85. The Morgan fingerprint density at radius 2 is 1.72 bits per heavy atom. The Balaban J connectivity index is 1.59. The maximum absolute atomic E-state index is 4.50. The Bertz CT molecular complexity index is 1000. The fourth-order valence-electron chi connectivity index (χ4n) is 2.72. The number of hydrogen-bond donors (Lipinski definition) is 1. The SMILES string of the molecule is Cc1ncc(-c2cccc(Nc3ncc(-c4ccccc4)s3)c2)n1C. The van der Waals surface area contributed by atoms with Crippen LogP contribution in [0.5, 0.6) is 0 Å². The fourth-order valence-corrected chi connectivity index (χ4v) is 3.56. The number of rotatable bonds is 4. The lowest BCUT2D eigenvalue weighted by Crippen LogP contribution is -1.95. The Morgan fingerprint density at radius 3 is 2.48 bits per heavy atom. The number of aryl methyl sites for hydroxylation is 1. The minimum atomic E-state index is 0.886. The first-order valence-electron chi connectivity index (χ1n) is 8.08. The van der Waals surface area contributed by atoms with Crippen molar-refractivity contribution in [3.8, 4) is 21.7 Å². The number of hydrogen-bond acceptors (Lipinski definition) is 4. The van der Waals surface area contributed by atoms with Crippen molar-refractivity contribution in [1.29, 1.82) is 0 Å². The molecule has 1 N–H and O–H groups in total. The zero-order valence-corrected chi connectivity index (χ0v) is 14.9. The summed E-state index contributed by atoms with van der Waals surface area (Å²) < 4.78 is 2.09. The zero-order chi connectivity index (χ0) is 17.2. The average molecular weight is 346 g/mol. The molecule has 0 bridgehead atoms. The van der Waals surface area contributed by atoms with Crippen LogP contribution < -0.4 is 5.32 Å². The summed E-state index contributed by atoms with van der Waals surface area (Å²) in [5.41, 5.74) is 4.44. The number of aromatic nitrogens is 3. The number of thiazole rings is 1. The van der Waals surface area contributed by atoms with Gasteiger partial charge in [0, 0.05) is 24.5 Å². The van der Waals surface area contributed by atoms with E-state index in [1.807, 2.05) is 50.6 Å². The summed E-state index contributed by atoms with van der Waals surface area (Å²) >= 11 is 1.65. The van der Waals surface area contributed by atoms with E-state index in [-0.39, 0.29) is 0 Å². The highest BCUT2D eigenvalue weighted by atomic mass is 32.1. The van der Waals surface area contributed by atoms with Gasteiger partial charge in [-0.05, 0) is 24.6 Å². The van der Waals surface area contributed by atoms with Gasteiger partial charge in [0.15, 0.2) is 5.13 Å². The molecule has 2 heterocycles. The van der Waals surface area contributed by atoms with Gasteiger partial charge in [0.1, 0.15) is 5.82 Å². The van der Waals surface area contributed by atoms with Gasteiger partial charge in [0.05, 0.1) is 16.8 Å². The molecule has 0 aliphatic heterocycles. The van der Waals surface area contributed by atoms with Crippen LogP contribution in [0.1, 0.15) is 5.82 Å². The average Bonchev–Trinajstić information content (AvgIpc) is 3.24. The van der Waals surface area contributed by atoms with Gasteiger partial charge in [0.2, 0.25) is 0 Å². The van der Waals surface area contributed by atoms with Gasteiger partial charge in [-0.3, -0.25) is 0 Å². The fraction of sp³-hybridized carbons (Fsp3) is 0.100. The van der Waals surface area contributed by atoms with E-state index in [1.54, 1.807) is 11.3 Å². The van der Waals surface area contributed by atoms with E-state index in [2.05, 4.69) is 50.2 Å². The second-order valence-corrected chi connectivity index (χ2v) is 6.88. The van der Waals surface area contributed by atoms with Crippen LogP contribution in [0.2, 0.25) is 0 Å². The Kier molecular flexibility index (Phi) is 4.07. The number of benzene rings is 2. The highest BCUT2D eigenvalue weighted by Gasteiger charge is 2.08. The van der Waals surface area contributed by atoms with Crippen LogP contribution in [0.3, 0.4) is 0 Å². The predicted molar refractivity (Wildman–Crippen MR) is 104 cm³/mol. The highest BCUT2D eigenvalue weighted by molar-refractivity contribution is 7.18. The maximum atomic E-state index is 4.50. The molecule has 0 radical (unpaired) electrons. The van der Waals surface area contributed by atoms with Crippen LogP contribution in [-0.2, 0) is 7.05 Å². The van der Waals surface area contributed by atoms with Crippen molar-refractivity contribution in [2.45, 2.75) is 6.92 Å². The van der Waals surface area contributed by atoms with Crippen LogP contribution in [0.15, 0.2) is 67.0 Å². The molecular weight excluding hydrogens is 328 g/mol. The molecule has 4 aromatic rings. The number of anilines is 2. The Morgan fingerprint density at radius 1 is 0.920 bits per heavy atom. The molecule has 4 nitrogen and oxygen atoms in total. The van der Waals surface area contributed by atoms with Crippen molar-refractivity contribution in [3.05, 3.63) is 72.8 Å². The number of nitrogens with zero attached hydrogens (tertiary/aromatic N) is 3. The molecule has 4 rings (SSSR count). The molecule has 0 unspecified atom stereocenters. The first-order valence-corrected chi connectivity index (χ1v) is 8.89. The lowest BCUT2D eigenvalue weighted by atomic mass is 10.1. The van der Waals surface area contributed by atoms with Gasteiger partial charge in [-0.25, -0.2) is 9.97 Å². The summed E-state index contributed by atoms with van der Waals surface area (Å²) in [4.78, 5) is 10.0. The molecule has 0 fully saturated rings. The van der Waals surface area contributed by atoms with Crippen LogP contribution in [0.4, 0.5) is 10.8 Å². The summed E-state index contributed by atoms with van der Waals surface area (Å²) in [5.74, 6) is 1.00. The quantitative estimate of drug-likeness (QED) is 0.548. The van der Waals surface area contributed by atoms with Gasteiger partial charge in [-0.2, -0.15) is 0 Å². The molecule has 0 amide bonds. The summed E-state index contributed by atoms with van der Waals surface area (Å²) in [5, 5.41) is 4.29. The molecule has 25 heavy (non-hydrogen) atoms. The van der Waals surface area contributed by atoms with Crippen LogP contribution >= 0.6 is 11.3 Å². The van der Waals surface area contributed by atoms with Gasteiger partial charge in [0.25, 0.3) is 0 Å². The van der Waals surface area contributed by atoms with Crippen molar-refractivity contribution in [3.63, 3.8) is 0 Å². The molecule has 0 saturated carbocycles. The second kappa shape index (κ2) is 6.53. The largest absolute Gasteiger partial charge is 0.332 e. The smallest absolute Gasteiger partial charge is 0.187 e. The van der Waals surface area contributed by atoms with E-state index in [0.29, 0.717) is 0 Å². The summed E-state index contributed by atoms with van der Waals surface area (Å²) in [7, 11) is 2.03. The molecule has 0 aliphatic rings. The van der Waals surface area contributed by atoms with Crippen molar-refractivity contribution < 1.29 is 0 Å². The van der Waals surface area contributed by atoms with Crippen LogP contribution in [0, 0.1) is 6.92 Å². The summed E-state index contributed by atoms with van der Waals surface area (Å²) in [6.45, 7) is 2.01. The van der Waals surface area contributed by atoms with E-state index < -0.39 is 0 Å². The molecule has 2 aromatic heterocycles. The first-order chi connectivity index (χ1) is 12.2. The third-order valence-electron chi connectivity index (χ3n) is 4.19. The third-order valence-corrected chi connectivity index (χ3v) is 5.16. The van der Waals surface area contributed by atoms with Crippen molar-refractivity contribution in [2.24, 2.45) is 7.05 Å². The number of nitrogens with one attached hydrogen (secondary N) is 1. The maximum Gasteiger partial charge on any atom is 0.187 e. The molecular formula is C20H18N4S. The molecule has 124 valence electrons. The molecule has 0 aliphatic carbocycles. The summed E-state index contributed by atoms with van der Waals surface area (Å²) in [6, 6.07) is 18.6. The van der Waals surface area contributed by atoms with E-state index in [0.717, 1.165) is 32.8 Å². The van der Waals surface area contributed by atoms with Crippen molar-refractivity contribution in [2.75, 3.05) is 5.32 Å². The lowest BCUT2D eigenvalue weighted by molar-refractivity contribution is 0.865. The third kappa shape index (κ3) is 3.19. The van der Waals surface area contributed by atoms with E-state index >= 15 is 0 Å². The van der Waals surface area contributed by atoms with Crippen molar-refractivity contribution >= 4 is 22.2 Å². The monoisotopic (exact) mass is 346 g/mol. The predicted octanol–water partition coefficient (Wildman–Crippen LogP) is 5.26. The van der Waals surface area contributed by atoms with E-state index in [1.165, 1.54) is 5.56 Å². The molecule has 0 saturated heterocycles. The van der Waals surface area contributed by atoms with Gasteiger partial charge in [-0.1, -0.05) is 53.8 Å². The molecule has 2 aromatic carbocycles. The standard InChI is InChI=1S/C20H18N4S/c1-14-21-12-18(24(14)2)16-9-6-10-17(11-16)23-20-22-13-19(25-20)15-7-4-3-5-8-15/h3-13H,1-2H3,(H,22,23). The van der Waals surface area contributed by atoms with Gasteiger partial charge in [-0.15, -0.1) is 0 Å². The van der Waals surface area contributed by atoms with E-state index in [4.69, 9.17) is 0 Å². The lowest BCUT2D eigenvalue weighted by Gasteiger charge is -2.07. The molecule has 0 spiro atoms. The Labute approximate surface area is 150 Å². The normalized spacial score (nSPS) is 10.8. The first kappa shape index (κ1) is 15.6. The van der Waals surface area contributed by atoms with E-state index in [9.17, 15) is 0 Å². The minimum absolute atomic E-state index is 0.886. The molecule has 5 heteroatoms. The topological polar surface area (TPSA) is 42.7 Å². The summed E-state index contributed by atoms with van der Waals surface area (Å²) in [6.07, 6.45) is 3.82. The van der Waals surface area contributed by atoms with Gasteiger partial charge < -0.3 is 9.88 Å². The number of imidazole rings is 1. The van der Waals surface area contributed by atoms with Crippen LogP contribution in [0.25, 0.3) is 21.7 Å². The zero-order valence-electron chi connectivity index (χ0n) is 14.1.